The normalized spacial score (nSPS) is 10.8. The van der Waals surface area contributed by atoms with E-state index in [1.54, 1.807) is 18.2 Å². The number of benzene rings is 2. The molecule has 2 aromatic rings. The molecular formula is C16H12BrFO. The molecule has 2 aromatic carbocycles. The topological polar surface area (TPSA) is 17.1 Å². The van der Waals surface area contributed by atoms with Crippen molar-refractivity contribution in [3.05, 3.63) is 76.0 Å². The van der Waals surface area contributed by atoms with Crippen LogP contribution in [0.3, 0.4) is 0 Å². The second kappa shape index (κ2) is 6.43. The van der Waals surface area contributed by atoms with Crippen molar-refractivity contribution in [2.24, 2.45) is 0 Å². The highest BCUT2D eigenvalue weighted by Gasteiger charge is 2.05. The third-order valence-corrected chi connectivity index (χ3v) is 3.38. The van der Waals surface area contributed by atoms with Gasteiger partial charge in [0.15, 0.2) is 5.78 Å². The van der Waals surface area contributed by atoms with E-state index >= 15 is 0 Å². The zero-order chi connectivity index (χ0) is 13.7. The summed E-state index contributed by atoms with van der Waals surface area (Å²) < 4.78 is 13.5. The maximum atomic E-state index is 12.9. The summed E-state index contributed by atoms with van der Waals surface area (Å²) in [5.74, 6) is -0.334. The molecule has 2 rings (SSSR count). The summed E-state index contributed by atoms with van der Waals surface area (Å²) in [5, 5.41) is 0. The van der Waals surface area contributed by atoms with Gasteiger partial charge in [0.1, 0.15) is 5.82 Å². The molecule has 19 heavy (non-hydrogen) atoms. The van der Waals surface area contributed by atoms with Crippen molar-refractivity contribution in [2.75, 3.05) is 0 Å². The highest BCUT2D eigenvalue weighted by atomic mass is 79.9. The van der Waals surface area contributed by atoms with E-state index in [4.69, 9.17) is 0 Å². The Balaban J connectivity index is 2.04. The molecule has 0 fully saturated rings. The van der Waals surface area contributed by atoms with E-state index in [2.05, 4.69) is 15.9 Å². The van der Waals surface area contributed by atoms with E-state index in [0.29, 0.717) is 4.47 Å². The Morgan fingerprint density at radius 1 is 1.16 bits per heavy atom. The van der Waals surface area contributed by atoms with Crippen molar-refractivity contribution < 1.29 is 9.18 Å². The van der Waals surface area contributed by atoms with Gasteiger partial charge < -0.3 is 0 Å². The van der Waals surface area contributed by atoms with E-state index in [-0.39, 0.29) is 18.0 Å². The highest BCUT2D eigenvalue weighted by molar-refractivity contribution is 9.10. The predicted octanol–water partition coefficient (Wildman–Crippen LogP) is 4.41. The molecule has 1 nitrogen and oxygen atoms in total. The lowest BCUT2D eigenvalue weighted by Gasteiger charge is -2.01. The predicted molar refractivity (Wildman–Crippen MR) is 78.3 cm³/mol. The van der Waals surface area contributed by atoms with Gasteiger partial charge in [0.05, 0.1) is 0 Å². The van der Waals surface area contributed by atoms with Crippen molar-refractivity contribution in [1.29, 1.82) is 0 Å². The van der Waals surface area contributed by atoms with Crippen LogP contribution in [0, 0.1) is 5.82 Å². The Bertz CT molecular complexity index is 605. The van der Waals surface area contributed by atoms with Gasteiger partial charge in [0, 0.05) is 10.9 Å². The minimum atomic E-state index is -0.317. The molecule has 0 saturated carbocycles. The summed E-state index contributed by atoms with van der Waals surface area (Å²) in [5.41, 5.74) is 1.76. The molecule has 96 valence electrons. The lowest BCUT2D eigenvalue weighted by atomic mass is 10.1. The van der Waals surface area contributed by atoms with Crippen LogP contribution in [0.25, 0.3) is 6.08 Å². The first kappa shape index (κ1) is 13.7. The fraction of sp³-hybridized carbons (Fsp3) is 0.0625. The lowest BCUT2D eigenvalue weighted by Crippen LogP contribution is -1.99. The van der Waals surface area contributed by atoms with Gasteiger partial charge in [-0.1, -0.05) is 58.4 Å². The average Bonchev–Trinajstić information content (AvgIpc) is 2.41. The van der Waals surface area contributed by atoms with Crippen LogP contribution in [0.1, 0.15) is 11.1 Å². The van der Waals surface area contributed by atoms with Gasteiger partial charge in [-0.05, 0) is 29.3 Å². The second-order valence-corrected chi connectivity index (χ2v) is 4.98. The van der Waals surface area contributed by atoms with Crippen LogP contribution in [-0.4, -0.2) is 5.78 Å². The van der Waals surface area contributed by atoms with Gasteiger partial charge in [-0.25, -0.2) is 4.39 Å². The van der Waals surface area contributed by atoms with Gasteiger partial charge in [0.2, 0.25) is 0 Å². The molecule has 0 N–H and O–H groups in total. The number of hydrogen-bond donors (Lipinski definition) is 0. The third kappa shape index (κ3) is 4.14. The van der Waals surface area contributed by atoms with Crippen molar-refractivity contribution in [3.63, 3.8) is 0 Å². The molecule has 0 saturated heterocycles. The van der Waals surface area contributed by atoms with Gasteiger partial charge in [0.25, 0.3) is 0 Å². The maximum Gasteiger partial charge on any atom is 0.160 e. The average molecular weight is 319 g/mol. The molecule has 0 amide bonds. The number of ketones is 1. The molecule has 0 bridgehead atoms. The first-order valence-corrected chi connectivity index (χ1v) is 6.64. The van der Waals surface area contributed by atoms with E-state index in [1.165, 1.54) is 12.1 Å². The van der Waals surface area contributed by atoms with Crippen LogP contribution in [-0.2, 0) is 11.2 Å². The number of carbonyl (C=O) groups is 1. The van der Waals surface area contributed by atoms with Crippen LogP contribution < -0.4 is 0 Å². The molecule has 0 unspecified atom stereocenters. The van der Waals surface area contributed by atoms with Crippen molar-refractivity contribution in [1.82, 2.24) is 0 Å². The second-order valence-electron chi connectivity index (χ2n) is 4.12. The monoisotopic (exact) mass is 318 g/mol. The fourth-order valence-corrected chi connectivity index (χ4v) is 2.16. The first-order valence-electron chi connectivity index (χ1n) is 5.85. The fourth-order valence-electron chi connectivity index (χ4n) is 1.67. The summed E-state index contributed by atoms with van der Waals surface area (Å²) >= 11 is 3.26. The Kier molecular flexibility index (Phi) is 4.63. The summed E-state index contributed by atoms with van der Waals surface area (Å²) in [6, 6.07) is 14.0. The van der Waals surface area contributed by atoms with Gasteiger partial charge in [-0.15, -0.1) is 0 Å². The quantitative estimate of drug-likeness (QED) is 0.763. The minimum Gasteiger partial charge on any atom is -0.294 e. The van der Waals surface area contributed by atoms with E-state index in [0.717, 1.165) is 11.1 Å². The van der Waals surface area contributed by atoms with E-state index < -0.39 is 0 Å². The SMILES string of the molecule is O=C(/C=C/c1ccccc1)Cc1ccc(F)cc1Br. The summed E-state index contributed by atoms with van der Waals surface area (Å²) in [7, 11) is 0. The van der Waals surface area contributed by atoms with Crippen LogP contribution in [0.4, 0.5) is 4.39 Å². The van der Waals surface area contributed by atoms with Crippen LogP contribution >= 0.6 is 15.9 Å². The van der Waals surface area contributed by atoms with Gasteiger partial charge in [-0.2, -0.15) is 0 Å². The molecule has 0 aromatic heterocycles. The Morgan fingerprint density at radius 2 is 1.89 bits per heavy atom. The van der Waals surface area contributed by atoms with E-state index in [1.807, 2.05) is 30.3 Å². The highest BCUT2D eigenvalue weighted by Crippen LogP contribution is 2.19. The number of allylic oxidation sites excluding steroid dienone is 1. The number of halogens is 2. The van der Waals surface area contributed by atoms with E-state index in [9.17, 15) is 9.18 Å². The molecule has 0 aliphatic rings. The first-order chi connectivity index (χ1) is 9.15. The van der Waals surface area contributed by atoms with Crippen LogP contribution in [0.15, 0.2) is 59.1 Å². The van der Waals surface area contributed by atoms with Crippen LogP contribution in [0.5, 0.6) is 0 Å². The molecule has 0 aliphatic heterocycles. The molecule has 0 aliphatic carbocycles. The van der Waals surface area contributed by atoms with Crippen molar-refractivity contribution in [3.8, 4) is 0 Å². The Labute approximate surface area is 119 Å². The Hall–Kier alpha value is -1.74. The largest absolute Gasteiger partial charge is 0.294 e. The van der Waals surface area contributed by atoms with Crippen molar-refractivity contribution in [2.45, 2.75) is 6.42 Å². The maximum absolute atomic E-state index is 12.9. The number of hydrogen-bond acceptors (Lipinski definition) is 1. The molecule has 0 radical (unpaired) electrons. The summed E-state index contributed by atoms with van der Waals surface area (Å²) in [4.78, 5) is 11.8. The molecular weight excluding hydrogens is 307 g/mol. The molecule has 3 heteroatoms. The molecule has 0 spiro atoms. The number of rotatable bonds is 4. The van der Waals surface area contributed by atoms with Gasteiger partial charge >= 0.3 is 0 Å². The van der Waals surface area contributed by atoms with Crippen LogP contribution in [0.2, 0.25) is 0 Å². The standard InChI is InChI=1S/C16H12BrFO/c17-16-11-14(18)8-7-13(16)10-15(19)9-6-12-4-2-1-3-5-12/h1-9,11H,10H2/b9-6+. The third-order valence-electron chi connectivity index (χ3n) is 2.64. The van der Waals surface area contributed by atoms with Crippen molar-refractivity contribution >= 4 is 27.8 Å². The smallest absolute Gasteiger partial charge is 0.160 e. The zero-order valence-corrected chi connectivity index (χ0v) is 11.7. The molecule has 0 heterocycles. The summed E-state index contributed by atoms with van der Waals surface area (Å²) in [6.07, 6.45) is 3.58. The van der Waals surface area contributed by atoms with Gasteiger partial charge in [-0.3, -0.25) is 4.79 Å². The zero-order valence-electron chi connectivity index (χ0n) is 10.1. The Morgan fingerprint density at radius 3 is 2.58 bits per heavy atom. The lowest BCUT2D eigenvalue weighted by molar-refractivity contribution is -0.113. The molecule has 0 atom stereocenters. The number of carbonyl (C=O) groups excluding carboxylic acids is 1. The minimum absolute atomic E-state index is 0.0174. The summed E-state index contributed by atoms with van der Waals surface area (Å²) in [6.45, 7) is 0.